The molecular weight excluding hydrogens is 515 g/mol. The van der Waals surface area contributed by atoms with Gasteiger partial charge in [-0.25, -0.2) is 4.90 Å². The number of halogens is 2. The first kappa shape index (κ1) is 23.6. The summed E-state index contributed by atoms with van der Waals surface area (Å²) < 4.78 is 0. The van der Waals surface area contributed by atoms with Crippen LogP contribution in [0.2, 0.25) is 10.0 Å². The first-order valence-corrected chi connectivity index (χ1v) is 12.5. The number of carbonyl (C=O) groups is 4. The molecule has 0 bridgehead atoms. The third kappa shape index (κ3) is 3.54. The van der Waals surface area contributed by atoms with Crippen LogP contribution in [0.1, 0.15) is 18.0 Å². The van der Waals surface area contributed by atoms with Gasteiger partial charge in [-0.3, -0.25) is 29.1 Å². The van der Waals surface area contributed by atoms with Crippen LogP contribution in [0.15, 0.2) is 66.9 Å². The van der Waals surface area contributed by atoms with E-state index in [1.54, 1.807) is 72.7 Å². The summed E-state index contributed by atoms with van der Waals surface area (Å²) in [6.07, 6.45) is 1.49. The molecule has 0 aliphatic carbocycles. The maximum absolute atomic E-state index is 13.9. The molecule has 3 aromatic rings. The van der Waals surface area contributed by atoms with Crippen molar-refractivity contribution < 1.29 is 19.2 Å². The van der Waals surface area contributed by atoms with Crippen LogP contribution >= 0.6 is 23.2 Å². The number of hydrogen-bond acceptors (Lipinski definition) is 6. The summed E-state index contributed by atoms with van der Waals surface area (Å²) >= 11 is 12.0. The average molecular weight is 535 g/mol. The number of carbonyl (C=O) groups excluding carboxylic acids is 4. The Labute approximate surface area is 222 Å². The van der Waals surface area contributed by atoms with E-state index in [0.717, 1.165) is 9.80 Å². The molecule has 0 radical (unpaired) electrons. The second-order valence-electron chi connectivity index (χ2n) is 9.36. The van der Waals surface area contributed by atoms with Crippen molar-refractivity contribution in [2.75, 3.05) is 21.7 Å². The van der Waals surface area contributed by atoms with Gasteiger partial charge in [0.15, 0.2) is 0 Å². The molecular formula is C27H20Cl2N4O4. The van der Waals surface area contributed by atoms with E-state index in [1.807, 2.05) is 6.07 Å². The molecule has 0 saturated carbocycles. The Kier molecular flexibility index (Phi) is 5.54. The van der Waals surface area contributed by atoms with Gasteiger partial charge in [0.1, 0.15) is 6.04 Å². The Morgan fingerprint density at radius 2 is 1.35 bits per heavy atom. The minimum atomic E-state index is -0.900. The monoisotopic (exact) mass is 534 g/mol. The molecule has 37 heavy (non-hydrogen) atoms. The van der Waals surface area contributed by atoms with Crippen LogP contribution in [0.4, 0.5) is 17.1 Å². The number of amides is 4. The SMILES string of the molecule is CN1c2cccnc2[C@H](C2CC(=O)N(c3ccc(Cl)cc3)C2=O)[C@H]2C(=O)N(c3ccc(Cl)cc3)C(=O)[C@H]21. The third-order valence-electron chi connectivity index (χ3n) is 7.42. The summed E-state index contributed by atoms with van der Waals surface area (Å²) in [5.41, 5.74) is 1.98. The number of nitrogens with zero attached hydrogens (tertiary/aromatic N) is 4. The van der Waals surface area contributed by atoms with Crippen molar-refractivity contribution in [2.24, 2.45) is 11.8 Å². The van der Waals surface area contributed by atoms with Crippen molar-refractivity contribution >= 4 is 63.9 Å². The topological polar surface area (TPSA) is 90.9 Å². The number of fused-ring (bicyclic) bond motifs is 2. The van der Waals surface area contributed by atoms with E-state index in [0.29, 0.717) is 32.8 Å². The van der Waals surface area contributed by atoms with E-state index in [1.165, 1.54) is 0 Å². The minimum absolute atomic E-state index is 0.0997. The zero-order valence-electron chi connectivity index (χ0n) is 19.5. The number of rotatable bonds is 3. The molecule has 8 nitrogen and oxygen atoms in total. The van der Waals surface area contributed by atoms with Crippen molar-refractivity contribution in [3.05, 3.63) is 82.6 Å². The van der Waals surface area contributed by atoms with Gasteiger partial charge >= 0.3 is 0 Å². The molecule has 0 spiro atoms. The van der Waals surface area contributed by atoms with Crippen LogP contribution in [0.3, 0.4) is 0 Å². The normalized spacial score (nSPS) is 25.1. The molecule has 0 N–H and O–H groups in total. The fourth-order valence-corrected chi connectivity index (χ4v) is 6.05. The summed E-state index contributed by atoms with van der Waals surface area (Å²) in [5.74, 6) is -4.16. The van der Waals surface area contributed by atoms with Crippen molar-refractivity contribution in [3.8, 4) is 0 Å². The highest BCUT2D eigenvalue weighted by Gasteiger charge is 2.61. The van der Waals surface area contributed by atoms with Crippen LogP contribution < -0.4 is 14.7 Å². The molecule has 1 unspecified atom stereocenters. The number of pyridine rings is 1. The first-order valence-electron chi connectivity index (χ1n) is 11.7. The van der Waals surface area contributed by atoms with Crippen molar-refractivity contribution in [1.82, 2.24) is 4.98 Å². The Hall–Kier alpha value is -3.75. The highest BCUT2D eigenvalue weighted by atomic mass is 35.5. The van der Waals surface area contributed by atoms with Crippen LogP contribution in [-0.4, -0.2) is 41.7 Å². The quantitative estimate of drug-likeness (QED) is 0.470. The lowest BCUT2D eigenvalue weighted by Gasteiger charge is -2.40. The number of benzene rings is 2. The van der Waals surface area contributed by atoms with E-state index in [4.69, 9.17) is 23.2 Å². The maximum Gasteiger partial charge on any atom is 0.257 e. The lowest BCUT2D eigenvalue weighted by molar-refractivity contribution is -0.124. The van der Waals surface area contributed by atoms with Gasteiger partial charge in [0.2, 0.25) is 17.7 Å². The Morgan fingerprint density at radius 1 is 0.757 bits per heavy atom. The fraction of sp³-hybridized carbons (Fsp3) is 0.222. The molecule has 4 atom stereocenters. The largest absolute Gasteiger partial charge is 0.360 e. The highest BCUT2D eigenvalue weighted by Crippen LogP contribution is 2.51. The van der Waals surface area contributed by atoms with E-state index in [2.05, 4.69) is 4.98 Å². The Morgan fingerprint density at radius 3 is 1.97 bits per heavy atom. The second-order valence-corrected chi connectivity index (χ2v) is 10.2. The van der Waals surface area contributed by atoms with E-state index < -0.39 is 41.5 Å². The van der Waals surface area contributed by atoms with Crippen LogP contribution in [0.25, 0.3) is 0 Å². The van der Waals surface area contributed by atoms with Crippen molar-refractivity contribution in [1.29, 1.82) is 0 Å². The zero-order valence-corrected chi connectivity index (χ0v) is 21.1. The minimum Gasteiger partial charge on any atom is -0.360 e. The maximum atomic E-state index is 13.9. The van der Waals surface area contributed by atoms with E-state index >= 15 is 0 Å². The predicted molar refractivity (Wildman–Crippen MR) is 139 cm³/mol. The highest BCUT2D eigenvalue weighted by molar-refractivity contribution is 6.31. The van der Waals surface area contributed by atoms with Crippen LogP contribution in [0, 0.1) is 11.8 Å². The van der Waals surface area contributed by atoms with Gasteiger partial charge in [0, 0.05) is 35.6 Å². The molecule has 2 saturated heterocycles. The lowest BCUT2D eigenvalue weighted by atomic mass is 9.72. The molecule has 2 fully saturated rings. The fourth-order valence-electron chi connectivity index (χ4n) is 5.80. The standard InChI is InChI=1S/C27H20Cl2N4O4/c1-31-19-3-2-12-30-23(19)21(18-13-20(34)32(25(18)35)16-8-4-14(28)5-9-16)22-24(31)27(37)33(26(22)36)17-10-6-15(29)7-11-17/h2-12,18,21-22,24H,13H2,1H3/t18?,21-,22-,24+/m1/s1. The summed E-state index contributed by atoms with van der Waals surface area (Å²) in [5, 5.41) is 0.956. The Bertz CT molecular complexity index is 1460. The Balaban J connectivity index is 1.45. The zero-order chi connectivity index (χ0) is 26.0. The number of hydrogen-bond donors (Lipinski definition) is 0. The third-order valence-corrected chi connectivity index (χ3v) is 7.92. The van der Waals surface area contributed by atoms with Gasteiger partial charge in [-0.2, -0.15) is 0 Å². The molecule has 3 aliphatic heterocycles. The molecule has 10 heteroatoms. The number of imide groups is 2. The van der Waals surface area contributed by atoms with E-state index in [-0.39, 0.29) is 12.3 Å². The van der Waals surface area contributed by atoms with Crippen molar-refractivity contribution in [3.63, 3.8) is 0 Å². The average Bonchev–Trinajstić information content (AvgIpc) is 3.32. The molecule has 3 aliphatic rings. The smallest absolute Gasteiger partial charge is 0.257 e. The van der Waals surface area contributed by atoms with Gasteiger partial charge in [-0.1, -0.05) is 23.2 Å². The van der Waals surface area contributed by atoms with Crippen LogP contribution in [-0.2, 0) is 19.2 Å². The summed E-state index contributed by atoms with van der Waals surface area (Å²) in [7, 11) is 1.74. The van der Waals surface area contributed by atoms with Gasteiger partial charge in [-0.15, -0.1) is 0 Å². The van der Waals surface area contributed by atoms with Gasteiger partial charge < -0.3 is 4.90 Å². The van der Waals surface area contributed by atoms with Gasteiger partial charge in [0.05, 0.1) is 34.6 Å². The summed E-state index contributed by atoms with van der Waals surface area (Å²) in [6.45, 7) is 0. The lowest BCUT2D eigenvalue weighted by Crippen LogP contribution is -2.50. The van der Waals surface area contributed by atoms with Crippen molar-refractivity contribution in [2.45, 2.75) is 18.4 Å². The number of aromatic nitrogens is 1. The predicted octanol–water partition coefficient (Wildman–Crippen LogP) is 4.06. The molecule has 1 aromatic heterocycles. The summed E-state index contributed by atoms with van der Waals surface area (Å²) in [4.78, 5) is 63.1. The number of likely N-dealkylation sites (N-methyl/N-ethyl adjacent to an activating group) is 1. The van der Waals surface area contributed by atoms with Gasteiger partial charge in [-0.05, 0) is 60.7 Å². The molecule has 6 rings (SSSR count). The van der Waals surface area contributed by atoms with Crippen LogP contribution in [0.5, 0.6) is 0 Å². The first-order chi connectivity index (χ1) is 17.8. The molecule has 4 heterocycles. The molecule has 4 amide bonds. The molecule has 2 aromatic carbocycles. The summed E-state index contributed by atoms with van der Waals surface area (Å²) in [6, 6.07) is 15.6. The van der Waals surface area contributed by atoms with E-state index in [9.17, 15) is 19.2 Å². The molecule has 186 valence electrons. The van der Waals surface area contributed by atoms with Gasteiger partial charge in [0.25, 0.3) is 5.91 Å². The second kappa shape index (κ2) is 8.68. The number of anilines is 3.